The highest BCUT2D eigenvalue weighted by Gasteiger charge is 2.36. The molecule has 0 bridgehead atoms. The Hall–Kier alpha value is -0.990. The summed E-state index contributed by atoms with van der Waals surface area (Å²) in [7, 11) is 0. The molecule has 1 fully saturated rings. The molecule has 0 saturated heterocycles. The summed E-state index contributed by atoms with van der Waals surface area (Å²) in [5, 5.41) is 3.88. The second-order valence-corrected chi connectivity index (χ2v) is 6.85. The molecule has 1 aromatic carbocycles. The first kappa shape index (κ1) is 14.9. The van der Waals surface area contributed by atoms with E-state index in [0.717, 1.165) is 19.6 Å². The van der Waals surface area contributed by atoms with E-state index in [1.54, 1.807) is 5.54 Å². The Labute approximate surface area is 133 Å². The van der Waals surface area contributed by atoms with E-state index in [4.69, 9.17) is 11.6 Å². The van der Waals surface area contributed by atoms with Gasteiger partial charge in [0, 0.05) is 36.4 Å². The molecule has 1 aromatic rings. The van der Waals surface area contributed by atoms with Gasteiger partial charge in [-0.15, -0.1) is 0 Å². The SMILES string of the molecule is C/C(=C/Cl)CN1CC2(CCCCC2)NCc2ccccc21. The van der Waals surface area contributed by atoms with E-state index in [0.29, 0.717) is 0 Å². The van der Waals surface area contributed by atoms with Gasteiger partial charge in [-0.3, -0.25) is 0 Å². The van der Waals surface area contributed by atoms with Crippen molar-refractivity contribution in [1.29, 1.82) is 0 Å². The topological polar surface area (TPSA) is 15.3 Å². The average Bonchev–Trinajstić information content (AvgIpc) is 2.66. The minimum atomic E-state index is 0.282. The van der Waals surface area contributed by atoms with Crippen molar-refractivity contribution >= 4 is 17.3 Å². The summed E-state index contributed by atoms with van der Waals surface area (Å²) in [5.74, 6) is 0. The largest absolute Gasteiger partial charge is 0.365 e. The number of fused-ring (bicyclic) bond motifs is 1. The minimum absolute atomic E-state index is 0.282. The van der Waals surface area contributed by atoms with E-state index in [2.05, 4.69) is 41.4 Å². The smallest absolute Gasteiger partial charge is 0.0415 e. The lowest BCUT2D eigenvalue weighted by molar-refractivity contribution is 0.237. The van der Waals surface area contributed by atoms with Crippen LogP contribution in [0.4, 0.5) is 5.69 Å². The number of benzene rings is 1. The Kier molecular flexibility index (Phi) is 4.56. The van der Waals surface area contributed by atoms with Crippen LogP contribution in [0.5, 0.6) is 0 Å². The van der Waals surface area contributed by atoms with Gasteiger partial charge in [-0.1, -0.05) is 49.1 Å². The lowest BCUT2D eigenvalue weighted by atomic mass is 9.81. The molecule has 1 spiro atoms. The van der Waals surface area contributed by atoms with Crippen molar-refractivity contribution in [2.24, 2.45) is 0 Å². The van der Waals surface area contributed by atoms with Crippen LogP contribution in [0.15, 0.2) is 35.4 Å². The summed E-state index contributed by atoms with van der Waals surface area (Å²) in [6.45, 7) is 5.10. The van der Waals surface area contributed by atoms with Gasteiger partial charge in [-0.25, -0.2) is 0 Å². The van der Waals surface area contributed by atoms with Crippen LogP contribution in [-0.2, 0) is 6.54 Å². The summed E-state index contributed by atoms with van der Waals surface area (Å²) in [5.41, 5.74) is 5.99. The van der Waals surface area contributed by atoms with Crippen LogP contribution in [0.25, 0.3) is 0 Å². The summed E-state index contributed by atoms with van der Waals surface area (Å²) < 4.78 is 0. The summed E-state index contributed by atoms with van der Waals surface area (Å²) in [4.78, 5) is 2.52. The highest BCUT2D eigenvalue weighted by Crippen LogP contribution is 2.35. The van der Waals surface area contributed by atoms with E-state index in [9.17, 15) is 0 Å². The number of para-hydroxylation sites is 1. The number of hydrogen-bond acceptors (Lipinski definition) is 2. The molecule has 1 N–H and O–H groups in total. The van der Waals surface area contributed by atoms with Gasteiger partial charge >= 0.3 is 0 Å². The molecule has 3 rings (SSSR count). The predicted molar refractivity (Wildman–Crippen MR) is 90.9 cm³/mol. The molecule has 3 heteroatoms. The predicted octanol–water partition coefficient (Wildman–Crippen LogP) is 4.44. The quantitative estimate of drug-likeness (QED) is 0.869. The van der Waals surface area contributed by atoms with Crippen LogP contribution in [0.1, 0.15) is 44.6 Å². The van der Waals surface area contributed by atoms with Gasteiger partial charge in [0.05, 0.1) is 0 Å². The molecule has 1 aliphatic heterocycles. The van der Waals surface area contributed by atoms with Gasteiger partial charge in [-0.2, -0.15) is 0 Å². The maximum absolute atomic E-state index is 5.91. The third kappa shape index (κ3) is 3.27. The molecule has 0 aromatic heterocycles. The second-order valence-electron chi connectivity index (χ2n) is 6.63. The molecule has 114 valence electrons. The fourth-order valence-electron chi connectivity index (χ4n) is 3.80. The molecule has 21 heavy (non-hydrogen) atoms. The maximum Gasteiger partial charge on any atom is 0.0415 e. The molecule has 0 atom stereocenters. The van der Waals surface area contributed by atoms with Gasteiger partial charge in [0.15, 0.2) is 0 Å². The van der Waals surface area contributed by atoms with Gasteiger partial charge in [0.25, 0.3) is 0 Å². The van der Waals surface area contributed by atoms with E-state index in [-0.39, 0.29) is 5.54 Å². The third-order valence-corrected chi connectivity index (χ3v) is 5.29. The van der Waals surface area contributed by atoms with Crippen LogP contribution in [0.3, 0.4) is 0 Å². The van der Waals surface area contributed by atoms with Gasteiger partial charge in [0.2, 0.25) is 0 Å². The van der Waals surface area contributed by atoms with Crippen molar-refractivity contribution in [3.05, 3.63) is 40.9 Å². The molecule has 0 amide bonds. The van der Waals surface area contributed by atoms with Gasteiger partial charge in [-0.05, 0) is 37.0 Å². The zero-order valence-electron chi connectivity index (χ0n) is 12.9. The van der Waals surface area contributed by atoms with Crippen LogP contribution in [-0.4, -0.2) is 18.6 Å². The fraction of sp³-hybridized carbons (Fsp3) is 0.556. The summed E-state index contributed by atoms with van der Waals surface area (Å²) in [6.07, 6.45) is 6.67. The van der Waals surface area contributed by atoms with Crippen LogP contribution >= 0.6 is 11.6 Å². The van der Waals surface area contributed by atoms with Crippen molar-refractivity contribution < 1.29 is 0 Å². The number of hydrogen-bond donors (Lipinski definition) is 1. The van der Waals surface area contributed by atoms with Crippen LogP contribution in [0.2, 0.25) is 0 Å². The van der Waals surface area contributed by atoms with E-state index in [1.807, 2.05) is 0 Å². The van der Waals surface area contributed by atoms with Crippen LogP contribution in [0, 0.1) is 0 Å². The van der Waals surface area contributed by atoms with E-state index < -0.39 is 0 Å². The monoisotopic (exact) mass is 304 g/mol. The molecule has 0 radical (unpaired) electrons. The van der Waals surface area contributed by atoms with Crippen LogP contribution < -0.4 is 10.2 Å². The minimum Gasteiger partial charge on any atom is -0.365 e. The molecule has 2 aliphatic rings. The molecule has 1 aliphatic carbocycles. The van der Waals surface area contributed by atoms with Crippen molar-refractivity contribution in [2.75, 3.05) is 18.0 Å². The first-order valence-electron chi connectivity index (χ1n) is 8.06. The standard InChI is InChI=1S/C18H25ClN2/c1-15(11-19)13-21-14-18(9-5-2-6-10-18)20-12-16-7-3-4-8-17(16)21/h3-4,7-8,11,20H,2,5-6,9-10,12-14H2,1H3/b15-11-. The highest BCUT2D eigenvalue weighted by atomic mass is 35.5. The van der Waals surface area contributed by atoms with E-state index >= 15 is 0 Å². The molecule has 2 nitrogen and oxygen atoms in total. The Bertz CT molecular complexity index is 518. The van der Waals surface area contributed by atoms with Gasteiger partial charge < -0.3 is 10.2 Å². The van der Waals surface area contributed by atoms with Crippen molar-refractivity contribution in [3.63, 3.8) is 0 Å². The molecule has 1 heterocycles. The van der Waals surface area contributed by atoms with Crippen molar-refractivity contribution in [2.45, 2.75) is 51.1 Å². The molecule has 0 unspecified atom stereocenters. The lowest BCUT2D eigenvalue weighted by Gasteiger charge is -2.40. The third-order valence-electron chi connectivity index (χ3n) is 4.92. The Balaban J connectivity index is 1.91. The zero-order valence-corrected chi connectivity index (χ0v) is 13.6. The number of nitrogens with one attached hydrogen (secondary N) is 1. The average molecular weight is 305 g/mol. The summed E-state index contributed by atoms with van der Waals surface area (Å²) >= 11 is 5.91. The number of anilines is 1. The molecular formula is C18H25ClN2. The normalized spacial score (nSPS) is 22.0. The Morgan fingerprint density at radius 3 is 2.81 bits per heavy atom. The number of halogens is 1. The Morgan fingerprint density at radius 2 is 2.05 bits per heavy atom. The lowest BCUT2D eigenvalue weighted by Crippen LogP contribution is -2.53. The first-order valence-corrected chi connectivity index (χ1v) is 8.50. The molecule has 1 saturated carbocycles. The number of nitrogens with zero attached hydrogens (tertiary/aromatic N) is 1. The Morgan fingerprint density at radius 1 is 1.29 bits per heavy atom. The second kappa shape index (κ2) is 6.41. The highest BCUT2D eigenvalue weighted by molar-refractivity contribution is 6.25. The molecular weight excluding hydrogens is 280 g/mol. The summed E-state index contributed by atoms with van der Waals surface area (Å²) in [6, 6.07) is 8.78. The fourth-order valence-corrected chi connectivity index (χ4v) is 3.87. The van der Waals surface area contributed by atoms with Gasteiger partial charge in [0.1, 0.15) is 0 Å². The van der Waals surface area contributed by atoms with Crippen molar-refractivity contribution in [1.82, 2.24) is 5.32 Å². The van der Waals surface area contributed by atoms with Crippen molar-refractivity contribution in [3.8, 4) is 0 Å². The van der Waals surface area contributed by atoms with E-state index in [1.165, 1.54) is 48.9 Å². The zero-order chi connectivity index (χ0) is 14.7. The first-order chi connectivity index (χ1) is 10.2. The maximum atomic E-state index is 5.91. The number of rotatable bonds is 2.